The molecule has 1 heterocycles. The Bertz CT molecular complexity index is 176. The van der Waals surface area contributed by atoms with Crippen LogP contribution in [0.25, 0.3) is 0 Å². The molecule has 1 atom stereocenters. The Labute approximate surface area is 108 Å². The number of rotatable bonds is 8. The van der Waals surface area contributed by atoms with Gasteiger partial charge < -0.3 is 10.1 Å². The maximum atomic E-state index is 5.44. The zero-order valence-electron chi connectivity index (χ0n) is 12.0. The summed E-state index contributed by atoms with van der Waals surface area (Å²) in [5.74, 6) is 1.72. The monoisotopic (exact) mass is 241 g/mol. The highest BCUT2D eigenvalue weighted by Crippen LogP contribution is 2.22. The van der Waals surface area contributed by atoms with E-state index in [0.29, 0.717) is 0 Å². The minimum absolute atomic E-state index is 0.737. The first-order valence-corrected chi connectivity index (χ1v) is 7.53. The van der Waals surface area contributed by atoms with Crippen molar-refractivity contribution >= 4 is 0 Å². The van der Waals surface area contributed by atoms with E-state index < -0.39 is 0 Å². The van der Waals surface area contributed by atoms with Crippen molar-refractivity contribution in [3.63, 3.8) is 0 Å². The Morgan fingerprint density at radius 3 is 2.47 bits per heavy atom. The van der Waals surface area contributed by atoms with Crippen molar-refractivity contribution in [3.8, 4) is 0 Å². The van der Waals surface area contributed by atoms with Gasteiger partial charge in [-0.1, -0.05) is 20.8 Å². The van der Waals surface area contributed by atoms with Gasteiger partial charge in [0.15, 0.2) is 0 Å². The van der Waals surface area contributed by atoms with Crippen LogP contribution in [-0.4, -0.2) is 25.8 Å². The van der Waals surface area contributed by atoms with Crippen molar-refractivity contribution in [2.24, 2.45) is 11.8 Å². The Morgan fingerprint density at radius 1 is 1.18 bits per heavy atom. The molecule has 0 saturated carbocycles. The third kappa shape index (κ3) is 7.05. The normalized spacial score (nSPS) is 19.8. The molecular weight excluding hydrogens is 210 g/mol. The largest absolute Gasteiger partial charge is 0.381 e. The average Bonchev–Trinajstić information content (AvgIpc) is 2.34. The third-order valence-corrected chi connectivity index (χ3v) is 3.73. The molecule has 2 nitrogen and oxygen atoms in total. The molecule has 0 amide bonds. The maximum Gasteiger partial charge on any atom is 0.0468 e. The Balaban J connectivity index is 2.27. The summed E-state index contributed by atoms with van der Waals surface area (Å²) < 4.78 is 5.44. The summed E-state index contributed by atoms with van der Waals surface area (Å²) in [7, 11) is 0. The molecule has 17 heavy (non-hydrogen) atoms. The van der Waals surface area contributed by atoms with E-state index in [1.807, 2.05) is 0 Å². The van der Waals surface area contributed by atoms with Gasteiger partial charge in [0.2, 0.25) is 0 Å². The van der Waals surface area contributed by atoms with Gasteiger partial charge in [-0.2, -0.15) is 0 Å². The summed E-state index contributed by atoms with van der Waals surface area (Å²) in [5.41, 5.74) is 0. The van der Waals surface area contributed by atoms with Crippen LogP contribution >= 0.6 is 0 Å². The van der Waals surface area contributed by atoms with Gasteiger partial charge >= 0.3 is 0 Å². The van der Waals surface area contributed by atoms with Crippen molar-refractivity contribution in [1.82, 2.24) is 5.32 Å². The first-order chi connectivity index (χ1) is 8.22. The quantitative estimate of drug-likeness (QED) is 0.701. The molecular formula is C15H31NO. The minimum atomic E-state index is 0.737. The lowest BCUT2D eigenvalue weighted by molar-refractivity contribution is 0.0600. The van der Waals surface area contributed by atoms with Crippen molar-refractivity contribution in [1.29, 1.82) is 0 Å². The molecule has 1 rings (SSSR count). The van der Waals surface area contributed by atoms with E-state index in [1.165, 1.54) is 45.1 Å². The molecule has 0 aliphatic carbocycles. The average molecular weight is 241 g/mol. The molecule has 1 unspecified atom stereocenters. The Hall–Kier alpha value is -0.0800. The van der Waals surface area contributed by atoms with Crippen molar-refractivity contribution in [2.75, 3.05) is 19.8 Å². The van der Waals surface area contributed by atoms with E-state index in [1.54, 1.807) is 0 Å². The minimum Gasteiger partial charge on any atom is -0.381 e. The first-order valence-electron chi connectivity index (χ1n) is 7.53. The van der Waals surface area contributed by atoms with Gasteiger partial charge in [-0.3, -0.25) is 0 Å². The van der Waals surface area contributed by atoms with Crippen LogP contribution in [0.15, 0.2) is 0 Å². The molecule has 0 aromatic carbocycles. The molecule has 102 valence electrons. The Kier molecular flexibility index (Phi) is 7.87. The molecule has 1 aliphatic rings. The zero-order valence-corrected chi connectivity index (χ0v) is 12.0. The van der Waals surface area contributed by atoms with E-state index in [-0.39, 0.29) is 0 Å². The predicted octanol–water partition coefficient (Wildman–Crippen LogP) is 3.61. The zero-order chi connectivity index (χ0) is 12.5. The highest BCUT2D eigenvalue weighted by Gasteiger charge is 2.18. The van der Waals surface area contributed by atoms with E-state index in [2.05, 4.69) is 26.1 Å². The van der Waals surface area contributed by atoms with E-state index in [9.17, 15) is 0 Å². The fraction of sp³-hybridized carbons (Fsp3) is 1.00. The fourth-order valence-corrected chi connectivity index (χ4v) is 2.57. The molecule has 0 bridgehead atoms. The van der Waals surface area contributed by atoms with Crippen LogP contribution in [0.2, 0.25) is 0 Å². The molecule has 1 aliphatic heterocycles. The lowest BCUT2D eigenvalue weighted by Crippen LogP contribution is -2.33. The standard InChI is InChI=1S/C15H31NO/c1-4-9-16-15(6-5-13(2)3)12-14-7-10-17-11-8-14/h13-16H,4-12H2,1-3H3. The van der Waals surface area contributed by atoms with Gasteiger partial charge in [-0.25, -0.2) is 0 Å². The van der Waals surface area contributed by atoms with Gasteiger partial charge in [0.05, 0.1) is 0 Å². The predicted molar refractivity (Wildman–Crippen MR) is 74.3 cm³/mol. The number of ether oxygens (including phenoxy) is 1. The Morgan fingerprint density at radius 2 is 1.88 bits per heavy atom. The van der Waals surface area contributed by atoms with Gasteiger partial charge in [-0.05, 0) is 56.9 Å². The second kappa shape index (κ2) is 8.93. The second-order valence-electron chi connectivity index (χ2n) is 5.91. The van der Waals surface area contributed by atoms with Crippen molar-refractivity contribution in [3.05, 3.63) is 0 Å². The summed E-state index contributed by atoms with van der Waals surface area (Å²) in [6.07, 6.45) is 7.83. The molecule has 1 N–H and O–H groups in total. The first kappa shape index (κ1) is 15.0. The molecule has 0 radical (unpaired) electrons. The summed E-state index contributed by atoms with van der Waals surface area (Å²) >= 11 is 0. The summed E-state index contributed by atoms with van der Waals surface area (Å²) in [6.45, 7) is 10.0. The van der Waals surface area contributed by atoms with Gasteiger partial charge in [0, 0.05) is 19.3 Å². The van der Waals surface area contributed by atoms with E-state index >= 15 is 0 Å². The van der Waals surface area contributed by atoms with Gasteiger partial charge in [0.1, 0.15) is 0 Å². The second-order valence-corrected chi connectivity index (χ2v) is 5.91. The van der Waals surface area contributed by atoms with Crippen LogP contribution < -0.4 is 5.32 Å². The SMILES string of the molecule is CCCNC(CCC(C)C)CC1CCOCC1. The van der Waals surface area contributed by atoms with Gasteiger partial charge in [0.25, 0.3) is 0 Å². The number of hydrogen-bond acceptors (Lipinski definition) is 2. The number of nitrogens with one attached hydrogen (secondary N) is 1. The topological polar surface area (TPSA) is 21.3 Å². The highest BCUT2D eigenvalue weighted by atomic mass is 16.5. The van der Waals surface area contributed by atoms with Crippen LogP contribution in [0.3, 0.4) is 0 Å². The molecule has 0 aromatic rings. The van der Waals surface area contributed by atoms with Crippen molar-refractivity contribution in [2.45, 2.75) is 65.3 Å². The van der Waals surface area contributed by atoms with Crippen LogP contribution in [0, 0.1) is 11.8 Å². The third-order valence-electron chi connectivity index (χ3n) is 3.73. The lowest BCUT2D eigenvalue weighted by Gasteiger charge is -2.27. The highest BCUT2D eigenvalue weighted by molar-refractivity contribution is 4.74. The molecule has 1 saturated heterocycles. The molecule has 1 fully saturated rings. The van der Waals surface area contributed by atoms with E-state index in [0.717, 1.165) is 31.1 Å². The summed E-state index contributed by atoms with van der Waals surface area (Å²) in [5, 5.41) is 3.73. The van der Waals surface area contributed by atoms with Crippen LogP contribution in [0.4, 0.5) is 0 Å². The maximum absolute atomic E-state index is 5.44. The van der Waals surface area contributed by atoms with Gasteiger partial charge in [-0.15, -0.1) is 0 Å². The summed E-state index contributed by atoms with van der Waals surface area (Å²) in [6, 6.07) is 0.737. The molecule has 2 heteroatoms. The van der Waals surface area contributed by atoms with Crippen LogP contribution in [0.1, 0.15) is 59.3 Å². The van der Waals surface area contributed by atoms with Crippen LogP contribution in [0.5, 0.6) is 0 Å². The smallest absolute Gasteiger partial charge is 0.0468 e. The summed E-state index contributed by atoms with van der Waals surface area (Å²) in [4.78, 5) is 0. The lowest BCUT2D eigenvalue weighted by atomic mass is 9.89. The van der Waals surface area contributed by atoms with Crippen LogP contribution in [-0.2, 0) is 4.74 Å². The molecule has 0 spiro atoms. The van der Waals surface area contributed by atoms with E-state index in [4.69, 9.17) is 4.74 Å². The fourth-order valence-electron chi connectivity index (χ4n) is 2.57. The van der Waals surface area contributed by atoms with Crippen molar-refractivity contribution < 1.29 is 4.74 Å². The number of hydrogen-bond donors (Lipinski definition) is 1. The molecule has 0 aromatic heterocycles.